The fraction of sp³-hybridized carbons (Fsp3) is 0. The molecule has 5 heteroatoms. The van der Waals surface area contributed by atoms with Gasteiger partial charge in [-0.15, -0.1) is 0 Å². The van der Waals surface area contributed by atoms with Gasteiger partial charge in [0, 0.05) is 23.3 Å². The second kappa shape index (κ2) is 5.62. The highest BCUT2D eigenvalue weighted by Crippen LogP contribution is 2.30. The molecular formula is C19H13N3O2. The average Bonchev–Trinajstić information content (AvgIpc) is 3.07. The van der Waals surface area contributed by atoms with Crippen LogP contribution in [0.5, 0.6) is 0 Å². The molecule has 3 aromatic carbocycles. The number of nitro benzene ring substituents is 1. The Morgan fingerprint density at radius 2 is 1.62 bits per heavy atom. The topological polar surface area (TPSA) is 71.8 Å². The minimum absolute atomic E-state index is 0.0521. The van der Waals surface area contributed by atoms with Gasteiger partial charge in [0.1, 0.15) is 5.82 Å². The van der Waals surface area contributed by atoms with Crippen LogP contribution in [0.1, 0.15) is 0 Å². The SMILES string of the molecule is O=[N+]([O-])c1cccc(-c2nc3c(-c4ccccc4)cccc3[nH]2)c1. The molecular weight excluding hydrogens is 302 g/mol. The highest BCUT2D eigenvalue weighted by molar-refractivity contribution is 5.93. The van der Waals surface area contributed by atoms with Gasteiger partial charge in [0.2, 0.25) is 0 Å². The molecule has 0 aliphatic carbocycles. The summed E-state index contributed by atoms with van der Waals surface area (Å²) in [4.78, 5) is 18.5. The summed E-state index contributed by atoms with van der Waals surface area (Å²) in [6, 6.07) is 22.5. The highest BCUT2D eigenvalue weighted by Gasteiger charge is 2.12. The van der Waals surface area contributed by atoms with E-state index in [2.05, 4.69) is 9.97 Å². The third-order valence-electron chi connectivity index (χ3n) is 3.93. The lowest BCUT2D eigenvalue weighted by Gasteiger charge is -2.01. The van der Waals surface area contributed by atoms with Crippen LogP contribution in [0.2, 0.25) is 0 Å². The van der Waals surface area contributed by atoms with Crippen LogP contribution in [0.25, 0.3) is 33.5 Å². The molecule has 4 aromatic rings. The van der Waals surface area contributed by atoms with Crippen molar-refractivity contribution in [2.75, 3.05) is 0 Å². The second-order valence-electron chi connectivity index (χ2n) is 5.46. The number of hydrogen-bond donors (Lipinski definition) is 1. The molecule has 0 aliphatic rings. The number of aromatic nitrogens is 2. The van der Waals surface area contributed by atoms with Gasteiger partial charge in [-0.05, 0) is 11.6 Å². The second-order valence-corrected chi connectivity index (χ2v) is 5.46. The summed E-state index contributed by atoms with van der Waals surface area (Å²) in [5, 5.41) is 11.0. The van der Waals surface area contributed by atoms with E-state index in [4.69, 9.17) is 0 Å². The van der Waals surface area contributed by atoms with Crippen molar-refractivity contribution in [1.82, 2.24) is 9.97 Å². The summed E-state index contributed by atoms with van der Waals surface area (Å²) in [5.74, 6) is 0.622. The monoisotopic (exact) mass is 315 g/mol. The molecule has 5 nitrogen and oxygen atoms in total. The number of nitro groups is 1. The average molecular weight is 315 g/mol. The van der Waals surface area contributed by atoms with Crippen molar-refractivity contribution < 1.29 is 4.92 Å². The van der Waals surface area contributed by atoms with Gasteiger partial charge in [-0.1, -0.05) is 54.6 Å². The van der Waals surface area contributed by atoms with Gasteiger partial charge in [-0.25, -0.2) is 4.98 Å². The Bertz CT molecular complexity index is 1040. The highest BCUT2D eigenvalue weighted by atomic mass is 16.6. The van der Waals surface area contributed by atoms with Crippen LogP contribution < -0.4 is 0 Å². The van der Waals surface area contributed by atoms with Crippen molar-refractivity contribution >= 4 is 16.7 Å². The summed E-state index contributed by atoms with van der Waals surface area (Å²) >= 11 is 0. The molecule has 4 rings (SSSR count). The Labute approximate surface area is 137 Å². The van der Waals surface area contributed by atoms with Crippen molar-refractivity contribution in [1.29, 1.82) is 0 Å². The number of aromatic amines is 1. The molecule has 0 saturated heterocycles. The number of para-hydroxylation sites is 1. The van der Waals surface area contributed by atoms with Crippen molar-refractivity contribution in [2.24, 2.45) is 0 Å². The predicted octanol–water partition coefficient (Wildman–Crippen LogP) is 4.81. The van der Waals surface area contributed by atoms with E-state index in [0.717, 1.165) is 22.2 Å². The van der Waals surface area contributed by atoms with E-state index in [1.807, 2.05) is 54.6 Å². The lowest BCUT2D eigenvalue weighted by atomic mass is 10.0. The number of nitrogens with zero attached hydrogens (tertiary/aromatic N) is 2. The normalized spacial score (nSPS) is 10.8. The largest absolute Gasteiger partial charge is 0.338 e. The van der Waals surface area contributed by atoms with Gasteiger partial charge < -0.3 is 4.98 Å². The van der Waals surface area contributed by atoms with Gasteiger partial charge in [-0.2, -0.15) is 0 Å². The third kappa shape index (κ3) is 2.42. The van der Waals surface area contributed by atoms with Crippen molar-refractivity contribution in [3.8, 4) is 22.5 Å². The van der Waals surface area contributed by atoms with Crippen molar-refractivity contribution in [3.63, 3.8) is 0 Å². The maximum absolute atomic E-state index is 11.0. The molecule has 0 amide bonds. The van der Waals surface area contributed by atoms with Gasteiger partial charge in [0.25, 0.3) is 5.69 Å². The molecule has 0 bridgehead atoms. The lowest BCUT2D eigenvalue weighted by molar-refractivity contribution is -0.384. The molecule has 0 unspecified atom stereocenters. The number of fused-ring (bicyclic) bond motifs is 1. The van der Waals surface area contributed by atoms with Crippen LogP contribution in [-0.2, 0) is 0 Å². The van der Waals surface area contributed by atoms with Crippen molar-refractivity contribution in [3.05, 3.63) is 82.9 Å². The van der Waals surface area contributed by atoms with Crippen LogP contribution >= 0.6 is 0 Å². The number of non-ortho nitro benzene ring substituents is 1. The van der Waals surface area contributed by atoms with Gasteiger partial charge >= 0.3 is 0 Å². The first-order chi connectivity index (χ1) is 11.7. The number of imidazole rings is 1. The first-order valence-corrected chi connectivity index (χ1v) is 7.51. The number of hydrogen-bond acceptors (Lipinski definition) is 3. The Morgan fingerprint density at radius 3 is 2.42 bits per heavy atom. The smallest absolute Gasteiger partial charge is 0.270 e. The van der Waals surface area contributed by atoms with Crippen LogP contribution in [0.15, 0.2) is 72.8 Å². The Morgan fingerprint density at radius 1 is 0.875 bits per heavy atom. The number of H-pyrrole nitrogens is 1. The fourth-order valence-corrected chi connectivity index (χ4v) is 2.79. The first kappa shape index (κ1) is 14.1. The summed E-state index contributed by atoms with van der Waals surface area (Å²) in [7, 11) is 0. The van der Waals surface area contributed by atoms with Gasteiger partial charge in [0.15, 0.2) is 0 Å². The molecule has 0 radical (unpaired) electrons. The van der Waals surface area contributed by atoms with E-state index in [9.17, 15) is 10.1 Å². The molecule has 1 N–H and O–H groups in total. The minimum Gasteiger partial charge on any atom is -0.338 e. The standard InChI is InChI=1S/C19H13N3O2/c23-22(24)15-9-4-8-14(12-15)19-20-17-11-5-10-16(18(17)21-19)13-6-2-1-3-7-13/h1-12H,(H,20,21). The zero-order valence-corrected chi connectivity index (χ0v) is 12.6. The molecule has 1 aromatic heterocycles. The lowest BCUT2D eigenvalue weighted by Crippen LogP contribution is -1.88. The van der Waals surface area contributed by atoms with Crippen LogP contribution in [0.4, 0.5) is 5.69 Å². The fourth-order valence-electron chi connectivity index (χ4n) is 2.79. The third-order valence-corrected chi connectivity index (χ3v) is 3.93. The number of nitrogens with one attached hydrogen (secondary N) is 1. The van der Waals surface area contributed by atoms with Gasteiger partial charge in [-0.3, -0.25) is 10.1 Å². The Kier molecular flexibility index (Phi) is 3.31. The van der Waals surface area contributed by atoms with E-state index < -0.39 is 4.92 Å². The molecule has 0 fully saturated rings. The zero-order valence-electron chi connectivity index (χ0n) is 12.6. The molecule has 24 heavy (non-hydrogen) atoms. The minimum atomic E-state index is -0.401. The molecule has 0 atom stereocenters. The maximum atomic E-state index is 11.0. The molecule has 0 aliphatic heterocycles. The van der Waals surface area contributed by atoms with Crippen LogP contribution in [0.3, 0.4) is 0 Å². The van der Waals surface area contributed by atoms with E-state index in [-0.39, 0.29) is 5.69 Å². The number of rotatable bonds is 3. The summed E-state index contributed by atoms with van der Waals surface area (Å²) in [6.07, 6.45) is 0. The van der Waals surface area contributed by atoms with Gasteiger partial charge in [0.05, 0.1) is 16.0 Å². The Balaban J connectivity index is 1.88. The molecule has 0 saturated carbocycles. The predicted molar refractivity (Wildman–Crippen MR) is 93.6 cm³/mol. The quantitative estimate of drug-likeness (QED) is 0.436. The zero-order chi connectivity index (χ0) is 16.5. The van der Waals surface area contributed by atoms with Crippen LogP contribution in [-0.4, -0.2) is 14.9 Å². The maximum Gasteiger partial charge on any atom is 0.270 e. The van der Waals surface area contributed by atoms with E-state index >= 15 is 0 Å². The van der Waals surface area contributed by atoms with E-state index in [1.165, 1.54) is 12.1 Å². The summed E-state index contributed by atoms with van der Waals surface area (Å²) < 4.78 is 0. The van der Waals surface area contributed by atoms with E-state index in [1.54, 1.807) is 6.07 Å². The summed E-state index contributed by atoms with van der Waals surface area (Å²) in [6.45, 7) is 0. The van der Waals surface area contributed by atoms with E-state index in [0.29, 0.717) is 11.4 Å². The first-order valence-electron chi connectivity index (χ1n) is 7.51. The van der Waals surface area contributed by atoms with Crippen LogP contribution in [0, 0.1) is 10.1 Å². The number of benzene rings is 3. The van der Waals surface area contributed by atoms with Crippen molar-refractivity contribution in [2.45, 2.75) is 0 Å². The summed E-state index contributed by atoms with van der Waals surface area (Å²) in [5.41, 5.74) is 4.61. The molecule has 1 heterocycles. The molecule has 116 valence electrons. The Hall–Kier alpha value is -3.47. The molecule has 0 spiro atoms.